The van der Waals surface area contributed by atoms with E-state index in [0.29, 0.717) is 49.9 Å². The van der Waals surface area contributed by atoms with Gasteiger partial charge in [0.15, 0.2) is 28.4 Å². The minimum atomic E-state index is -1.64. The van der Waals surface area contributed by atoms with Crippen molar-refractivity contribution in [2.45, 2.75) is 43.9 Å². The lowest BCUT2D eigenvalue weighted by molar-refractivity contribution is -0.116. The summed E-state index contributed by atoms with van der Waals surface area (Å²) in [6.07, 6.45) is 14.1. The number of aromatic amines is 1. The molecule has 2 N–H and O–H groups in total. The SMILES string of the molecule is C#Cc1c(F)ccc2cccc(-c3ncc4c(N5c6c[nH]cc65)nc(OCCC(=O)Nc5cccc(S(=O)n6cnc(C7CC7)n6)c5)nc4c3F)c12.CC. The molecule has 1 unspecified atom stereocenters. The highest BCUT2D eigenvalue weighted by Gasteiger charge is 2.36. The van der Waals surface area contributed by atoms with Crippen molar-refractivity contribution in [1.29, 1.82) is 0 Å². The average molecular weight is 744 g/mol. The van der Waals surface area contributed by atoms with Crippen molar-refractivity contribution in [2.24, 2.45) is 0 Å². The zero-order chi connectivity index (χ0) is 37.5. The van der Waals surface area contributed by atoms with E-state index >= 15 is 4.39 Å². The summed E-state index contributed by atoms with van der Waals surface area (Å²) in [7, 11) is -1.64. The van der Waals surface area contributed by atoms with Gasteiger partial charge in [0.25, 0.3) is 0 Å². The first-order valence-electron chi connectivity index (χ1n) is 17.3. The molecule has 1 amide bonds. The number of H-pyrrole nitrogens is 1. The number of halogens is 2. The summed E-state index contributed by atoms with van der Waals surface area (Å²) in [5.74, 6) is 1.98. The second kappa shape index (κ2) is 14.1. The molecule has 0 spiro atoms. The molecule has 0 radical (unpaired) electrons. The van der Waals surface area contributed by atoms with E-state index in [1.807, 2.05) is 13.8 Å². The molecule has 1 aliphatic carbocycles. The van der Waals surface area contributed by atoms with Crippen molar-refractivity contribution in [3.63, 3.8) is 0 Å². The number of fused-ring (bicyclic) bond motifs is 3. The Balaban J connectivity index is 0.00000203. The summed E-state index contributed by atoms with van der Waals surface area (Å²) < 4.78 is 51.6. The first-order chi connectivity index (χ1) is 26.4. The molecule has 4 aromatic heterocycles. The lowest BCUT2D eigenvalue weighted by atomic mass is 9.96. The molecular formula is C39H31F2N9O3S. The quantitative estimate of drug-likeness (QED) is 0.106. The van der Waals surface area contributed by atoms with E-state index < -0.39 is 22.6 Å². The molecule has 5 heterocycles. The van der Waals surface area contributed by atoms with Gasteiger partial charge in [0.2, 0.25) is 5.91 Å². The predicted molar refractivity (Wildman–Crippen MR) is 201 cm³/mol. The van der Waals surface area contributed by atoms with E-state index in [2.05, 4.69) is 41.3 Å². The number of amides is 1. The summed E-state index contributed by atoms with van der Waals surface area (Å²) in [6.45, 7) is 3.87. The van der Waals surface area contributed by atoms with Crippen LogP contribution in [0, 0.1) is 24.0 Å². The zero-order valence-corrected chi connectivity index (χ0v) is 29.8. The van der Waals surface area contributed by atoms with Gasteiger partial charge in [-0.2, -0.15) is 14.1 Å². The second-order valence-corrected chi connectivity index (χ2v) is 13.6. The van der Waals surface area contributed by atoms with Crippen molar-refractivity contribution in [3.05, 3.63) is 103 Å². The number of pyridine rings is 1. The normalized spacial score (nSPS) is 13.5. The Morgan fingerprint density at radius 3 is 2.65 bits per heavy atom. The smallest absolute Gasteiger partial charge is 0.319 e. The molecule has 15 heteroatoms. The van der Waals surface area contributed by atoms with E-state index in [9.17, 15) is 13.4 Å². The summed E-state index contributed by atoms with van der Waals surface area (Å²) in [6, 6.07) is 14.4. The van der Waals surface area contributed by atoms with Gasteiger partial charge in [-0.25, -0.2) is 18.0 Å². The molecule has 7 aromatic rings. The maximum Gasteiger partial charge on any atom is 0.319 e. The van der Waals surface area contributed by atoms with Gasteiger partial charge < -0.3 is 15.0 Å². The lowest BCUT2D eigenvalue weighted by Gasteiger charge is -2.14. The first-order valence-corrected chi connectivity index (χ1v) is 18.4. The van der Waals surface area contributed by atoms with Crippen LogP contribution in [0.4, 0.5) is 31.7 Å². The Morgan fingerprint density at radius 1 is 1.07 bits per heavy atom. The summed E-state index contributed by atoms with van der Waals surface area (Å²) in [5, 5.41) is 8.43. The number of ether oxygens (including phenoxy) is 1. The Kier molecular flexibility index (Phi) is 9.04. The maximum absolute atomic E-state index is 16.6. The van der Waals surface area contributed by atoms with Crippen LogP contribution >= 0.6 is 0 Å². The van der Waals surface area contributed by atoms with Gasteiger partial charge >= 0.3 is 6.01 Å². The molecule has 1 fully saturated rings. The summed E-state index contributed by atoms with van der Waals surface area (Å²) in [4.78, 5) is 35.8. The lowest BCUT2D eigenvalue weighted by Crippen LogP contribution is -2.16. The number of carbonyl (C=O) groups is 1. The van der Waals surface area contributed by atoms with Gasteiger partial charge in [-0.15, -0.1) is 11.5 Å². The minimum absolute atomic E-state index is 0.000943. The molecule has 0 saturated heterocycles. The Labute approximate surface area is 310 Å². The molecule has 12 nitrogen and oxygen atoms in total. The molecule has 1 atom stereocenters. The van der Waals surface area contributed by atoms with Crippen LogP contribution in [-0.4, -0.2) is 50.8 Å². The maximum atomic E-state index is 16.6. The van der Waals surface area contributed by atoms with Crippen LogP contribution in [0.5, 0.6) is 6.01 Å². The molecule has 0 bridgehead atoms. The van der Waals surface area contributed by atoms with Gasteiger partial charge in [-0.3, -0.25) is 14.7 Å². The largest absolute Gasteiger partial charge is 0.463 e. The van der Waals surface area contributed by atoms with Crippen LogP contribution in [0.15, 0.2) is 84.4 Å². The molecule has 9 rings (SSSR count). The summed E-state index contributed by atoms with van der Waals surface area (Å²) in [5.41, 5.74) is 2.28. The van der Waals surface area contributed by atoms with Gasteiger partial charge in [0, 0.05) is 41.1 Å². The number of hydrogen-bond acceptors (Lipinski definition) is 9. The zero-order valence-electron chi connectivity index (χ0n) is 29.0. The van der Waals surface area contributed by atoms with Crippen LogP contribution in [-0.2, 0) is 15.8 Å². The van der Waals surface area contributed by atoms with Crippen molar-refractivity contribution in [2.75, 3.05) is 16.8 Å². The topological polar surface area (TPSA) is 144 Å². The number of nitrogens with one attached hydrogen (secondary N) is 2. The van der Waals surface area contributed by atoms with E-state index in [1.165, 1.54) is 22.7 Å². The monoisotopic (exact) mass is 743 g/mol. The third-order valence-electron chi connectivity index (χ3n) is 8.87. The number of anilines is 4. The minimum Gasteiger partial charge on any atom is -0.463 e. The van der Waals surface area contributed by atoms with Crippen molar-refractivity contribution in [1.82, 2.24) is 34.1 Å². The third-order valence-corrected chi connectivity index (χ3v) is 10.0. The fraction of sp³-hybridized carbons (Fsp3) is 0.179. The van der Waals surface area contributed by atoms with Crippen LogP contribution in [0.1, 0.15) is 50.4 Å². The molecule has 1 saturated carbocycles. The van der Waals surface area contributed by atoms with Gasteiger partial charge in [-0.1, -0.05) is 50.1 Å². The van der Waals surface area contributed by atoms with E-state index in [0.717, 1.165) is 24.2 Å². The fourth-order valence-electron chi connectivity index (χ4n) is 6.15. The highest BCUT2D eigenvalue weighted by molar-refractivity contribution is 7.83. The van der Waals surface area contributed by atoms with Gasteiger partial charge in [-0.05, 0) is 42.5 Å². The summed E-state index contributed by atoms with van der Waals surface area (Å²) >= 11 is 0. The molecule has 2 aliphatic rings. The van der Waals surface area contributed by atoms with Crippen LogP contribution in [0.25, 0.3) is 32.9 Å². The Hall–Kier alpha value is -6.53. The number of terminal acetylenes is 1. The molecule has 270 valence electrons. The van der Waals surface area contributed by atoms with E-state index in [1.54, 1.807) is 65.8 Å². The standard InChI is InChI=1S/C37H25F2N9O3S.C2H6/c1-2-24-27(38)12-11-20-5-3-8-25(31(20)24)33-32(39)34-26(16-41-33)36(48-28-17-40-18-29(28)48)45-37(44-34)51-14-13-30(49)43-22-6-4-7-23(15-22)52(50)47-19-42-35(46-47)21-9-10-21;1-2/h1,3-8,11-12,15-19,21,40H,9-10,13-14H2,(H,43,49);1-2H3. The Bertz CT molecular complexity index is 2650. The molecule has 54 heavy (non-hydrogen) atoms. The highest BCUT2D eigenvalue weighted by atomic mass is 32.2. The highest BCUT2D eigenvalue weighted by Crippen LogP contribution is 2.54. The molecule has 3 aromatic carbocycles. The first kappa shape index (κ1) is 34.6. The molecule has 1 aliphatic heterocycles. The third kappa shape index (κ3) is 6.30. The number of hydrogen-bond donors (Lipinski definition) is 2. The average Bonchev–Trinajstić information content (AvgIpc) is 4.05. The second-order valence-electron chi connectivity index (χ2n) is 12.2. The molecular weight excluding hydrogens is 713 g/mol. The van der Waals surface area contributed by atoms with Gasteiger partial charge in [0.1, 0.15) is 30.0 Å². The number of aromatic nitrogens is 7. The number of nitrogens with zero attached hydrogens (tertiary/aromatic N) is 7. The van der Waals surface area contributed by atoms with E-state index in [4.69, 9.17) is 11.2 Å². The van der Waals surface area contributed by atoms with Crippen LogP contribution in [0.3, 0.4) is 0 Å². The van der Waals surface area contributed by atoms with Crippen molar-refractivity contribution in [3.8, 4) is 29.6 Å². The van der Waals surface area contributed by atoms with Gasteiger partial charge in [0.05, 0.1) is 33.6 Å². The van der Waals surface area contributed by atoms with Crippen LogP contribution < -0.4 is 15.0 Å². The number of carbonyl (C=O) groups excluding carboxylic acids is 1. The predicted octanol–water partition coefficient (Wildman–Crippen LogP) is 7.69. The van der Waals surface area contributed by atoms with Crippen molar-refractivity contribution >= 4 is 61.4 Å². The Morgan fingerprint density at radius 2 is 1.87 bits per heavy atom. The van der Waals surface area contributed by atoms with Crippen LogP contribution in [0.2, 0.25) is 0 Å². The number of benzene rings is 3. The number of rotatable bonds is 10. The fourth-order valence-corrected chi connectivity index (χ4v) is 7.08. The van der Waals surface area contributed by atoms with E-state index in [-0.39, 0.29) is 41.7 Å². The van der Waals surface area contributed by atoms with Crippen molar-refractivity contribution < 1.29 is 22.5 Å².